The molecule has 0 fully saturated rings. The maximum atomic E-state index is 9.04. The molecule has 0 bridgehead atoms. The molecule has 0 amide bonds. The summed E-state index contributed by atoms with van der Waals surface area (Å²) in [6.07, 6.45) is 6.82. The van der Waals surface area contributed by atoms with Crippen LogP contribution in [0.15, 0.2) is 67.3 Å². The lowest BCUT2D eigenvalue weighted by molar-refractivity contribution is 0.288. The van der Waals surface area contributed by atoms with Crippen LogP contribution >= 0.6 is 0 Å². The van der Waals surface area contributed by atoms with Crippen LogP contribution in [0.2, 0.25) is 0 Å². The van der Waals surface area contributed by atoms with Gasteiger partial charge >= 0.3 is 7.32 Å². The number of nitrogens with zero attached hydrogens (tertiary/aromatic N) is 2. The Morgan fingerprint density at radius 2 is 1.14 bits per heavy atom. The van der Waals surface area contributed by atoms with Gasteiger partial charge in [-0.25, -0.2) is 0 Å². The van der Waals surface area contributed by atoms with Crippen LogP contribution in [-0.4, -0.2) is 27.3 Å². The molecule has 0 atom stereocenters. The van der Waals surface area contributed by atoms with Crippen molar-refractivity contribution >= 4 is 7.32 Å². The Morgan fingerprint density at radius 3 is 1.55 bits per heavy atom. The zero-order valence-corrected chi connectivity index (χ0v) is 11.6. The summed E-state index contributed by atoms with van der Waals surface area (Å²) < 4.78 is 5.02. The highest BCUT2D eigenvalue weighted by Crippen LogP contribution is 2.31. The van der Waals surface area contributed by atoms with Crippen molar-refractivity contribution in [2.45, 2.75) is 0 Å². The molecule has 2 heterocycles. The first-order valence-electron chi connectivity index (χ1n) is 6.71. The van der Waals surface area contributed by atoms with Gasteiger partial charge in [-0.2, -0.15) is 0 Å². The Hall–Kier alpha value is -2.70. The summed E-state index contributed by atoms with van der Waals surface area (Å²) in [5.74, 6) is 0.371. The Balaban J connectivity index is 2.10. The lowest BCUT2D eigenvalue weighted by Gasteiger charge is -2.11. The van der Waals surface area contributed by atoms with E-state index in [2.05, 4.69) is 9.97 Å². The van der Waals surface area contributed by atoms with Gasteiger partial charge in [-0.05, 0) is 64.7 Å². The van der Waals surface area contributed by atoms with Gasteiger partial charge in [0, 0.05) is 24.8 Å². The second kappa shape index (κ2) is 6.38. The summed E-state index contributed by atoms with van der Waals surface area (Å²) in [5.41, 5.74) is 3.71. The van der Waals surface area contributed by atoms with Crippen molar-refractivity contribution in [1.29, 1.82) is 0 Å². The van der Waals surface area contributed by atoms with Crippen LogP contribution in [0.1, 0.15) is 0 Å². The van der Waals surface area contributed by atoms with Crippen molar-refractivity contribution < 1.29 is 14.7 Å². The molecule has 0 aliphatic carbocycles. The lowest BCUT2D eigenvalue weighted by Crippen LogP contribution is -2.20. The third-order valence-electron chi connectivity index (χ3n) is 3.18. The number of rotatable bonds is 4. The fourth-order valence-corrected chi connectivity index (χ4v) is 2.21. The van der Waals surface area contributed by atoms with Crippen LogP contribution in [-0.2, 0) is 0 Å². The van der Waals surface area contributed by atoms with Gasteiger partial charge in [-0.3, -0.25) is 9.97 Å². The molecule has 2 aromatic heterocycles. The fourth-order valence-electron chi connectivity index (χ4n) is 2.21. The highest BCUT2D eigenvalue weighted by Gasteiger charge is 2.13. The first-order valence-corrected chi connectivity index (χ1v) is 6.71. The van der Waals surface area contributed by atoms with E-state index in [1.807, 2.05) is 30.3 Å². The van der Waals surface area contributed by atoms with E-state index in [1.165, 1.54) is 0 Å². The van der Waals surface area contributed by atoms with Crippen molar-refractivity contribution in [3.8, 4) is 28.0 Å². The molecule has 0 aliphatic heterocycles. The van der Waals surface area contributed by atoms with Crippen molar-refractivity contribution in [2.24, 2.45) is 0 Å². The molecule has 3 aromatic rings. The molecule has 1 aromatic carbocycles. The van der Waals surface area contributed by atoms with Crippen molar-refractivity contribution in [1.82, 2.24) is 9.97 Å². The minimum Gasteiger partial charge on any atom is -0.512 e. The molecule has 22 heavy (non-hydrogen) atoms. The quantitative estimate of drug-likeness (QED) is 0.721. The zero-order valence-electron chi connectivity index (χ0n) is 11.6. The fraction of sp³-hybridized carbons (Fsp3) is 0. The van der Waals surface area contributed by atoms with E-state index in [0.717, 1.165) is 22.3 Å². The van der Waals surface area contributed by atoms with Gasteiger partial charge in [-0.1, -0.05) is 0 Å². The molecule has 2 N–H and O–H groups in total. The summed E-state index contributed by atoms with van der Waals surface area (Å²) in [6, 6.07) is 13.0. The predicted octanol–water partition coefficient (Wildman–Crippen LogP) is 2.16. The van der Waals surface area contributed by atoms with Gasteiger partial charge in [-0.15, -0.1) is 0 Å². The Bertz CT molecular complexity index is 694. The average molecular weight is 292 g/mol. The number of hydrogen-bond donors (Lipinski definition) is 2. The van der Waals surface area contributed by atoms with Crippen molar-refractivity contribution in [3.63, 3.8) is 0 Å². The molecule has 0 aliphatic rings. The monoisotopic (exact) mass is 292 g/mol. The van der Waals surface area contributed by atoms with Gasteiger partial charge in [0.05, 0.1) is 0 Å². The Kier molecular flexibility index (Phi) is 4.13. The highest BCUT2D eigenvalue weighted by atomic mass is 16.6. The van der Waals surface area contributed by atoms with Crippen LogP contribution in [0.5, 0.6) is 5.75 Å². The topological polar surface area (TPSA) is 75.5 Å². The standard InChI is InChI=1S/C16H13BN2O3/c20-17(21)22-16-10-14(12-1-5-18-6-2-12)9-15(11-16)13-3-7-19-8-4-13/h1-11,20-21H. The first-order chi connectivity index (χ1) is 10.7. The molecule has 5 nitrogen and oxygen atoms in total. The summed E-state index contributed by atoms with van der Waals surface area (Å²) in [6.45, 7) is 0. The Labute approximate surface area is 128 Å². The minimum atomic E-state index is -1.86. The predicted molar refractivity (Wildman–Crippen MR) is 83.7 cm³/mol. The summed E-state index contributed by atoms with van der Waals surface area (Å²) >= 11 is 0. The molecular formula is C16H13BN2O3. The van der Waals surface area contributed by atoms with Crippen molar-refractivity contribution in [3.05, 3.63) is 67.3 Å². The first kappa shape index (κ1) is 14.3. The summed E-state index contributed by atoms with van der Waals surface area (Å²) in [5, 5.41) is 18.1. The molecule has 0 spiro atoms. The Morgan fingerprint density at radius 1 is 0.682 bits per heavy atom. The second-order valence-electron chi connectivity index (χ2n) is 4.66. The average Bonchev–Trinajstić information content (AvgIpc) is 2.55. The van der Waals surface area contributed by atoms with E-state index in [1.54, 1.807) is 36.9 Å². The van der Waals surface area contributed by atoms with Crippen LogP contribution in [0.4, 0.5) is 0 Å². The van der Waals surface area contributed by atoms with E-state index in [4.69, 9.17) is 14.7 Å². The molecule has 0 saturated heterocycles. The lowest BCUT2D eigenvalue weighted by atomic mass is 9.99. The molecule has 3 rings (SSSR count). The third kappa shape index (κ3) is 3.31. The zero-order chi connectivity index (χ0) is 15.4. The van der Waals surface area contributed by atoms with Gasteiger partial charge in [0.1, 0.15) is 5.75 Å². The van der Waals surface area contributed by atoms with E-state index in [9.17, 15) is 0 Å². The molecular weight excluding hydrogens is 279 g/mol. The molecule has 108 valence electrons. The number of benzene rings is 1. The van der Waals surface area contributed by atoms with E-state index < -0.39 is 7.32 Å². The van der Waals surface area contributed by atoms with Gasteiger partial charge < -0.3 is 14.7 Å². The van der Waals surface area contributed by atoms with E-state index in [0.29, 0.717) is 5.75 Å². The normalized spacial score (nSPS) is 10.3. The van der Waals surface area contributed by atoms with Crippen LogP contribution < -0.4 is 4.65 Å². The number of aromatic nitrogens is 2. The second-order valence-corrected chi connectivity index (χ2v) is 4.66. The van der Waals surface area contributed by atoms with Gasteiger partial charge in [0.25, 0.3) is 0 Å². The summed E-state index contributed by atoms with van der Waals surface area (Å²) in [7, 11) is -1.86. The van der Waals surface area contributed by atoms with E-state index >= 15 is 0 Å². The molecule has 0 radical (unpaired) electrons. The number of hydrogen-bond acceptors (Lipinski definition) is 5. The van der Waals surface area contributed by atoms with Crippen LogP contribution in [0.25, 0.3) is 22.3 Å². The summed E-state index contributed by atoms with van der Waals surface area (Å²) in [4.78, 5) is 8.01. The highest BCUT2D eigenvalue weighted by molar-refractivity contribution is 6.33. The van der Waals surface area contributed by atoms with Crippen LogP contribution in [0.3, 0.4) is 0 Å². The van der Waals surface area contributed by atoms with Gasteiger partial charge in [0.2, 0.25) is 0 Å². The maximum Gasteiger partial charge on any atom is 0.707 e. The van der Waals surface area contributed by atoms with Crippen molar-refractivity contribution in [2.75, 3.05) is 0 Å². The van der Waals surface area contributed by atoms with Gasteiger partial charge in [0.15, 0.2) is 0 Å². The molecule has 0 saturated carbocycles. The maximum absolute atomic E-state index is 9.04. The minimum absolute atomic E-state index is 0.371. The number of pyridine rings is 2. The van der Waals surface area contributed by atoms with E-state index in [-0.39, 0.29) is 0 Å². The largest absolute Gasteiger partial charge is 0.707 e. The smallest absolute Gasteiger partial charge is 0.512 e. The third-order valence-corrected chi connectivity index (χ3v) is 3.18. The van der Waals surface area contributed by atoms with Crippen LogP contribution in [0, 0.1) is 0 Å². The SMILES string of the molecule is OB(O)Oc1cc(-c2ccncc2)cc(-c2ccncc2)c1. The molecule has 6 heteroatoms. The molecule has 0 unspecified atom stereocenters.